The van der Waals surface area contributed by atoms with Gasteiger partial charge in [-0.1, -0.05) is 31.2 Å². The number of rotatable bonds is 4. The zero-order chi connectivity index (χ0) is 13.8. The lowest BCUT2D eigenvalue weighted by atomic mass is 9.97. The number of aryl methyl sites for hydroxylation is 1. The summed E-state index contributed by atoms with van der Waals surface area (Å²) >= 11 is 3.41. The quantitative estimate of drug-likeness (QED) is 0.788. The number of halogens is 1. The monoisotopic (exact) mass is 318 g/mol. The first-order valence-electron chi connectivity index (χ1n) is 6.13. The van der Waals surface area contributed by atoms with E-state index in [1.165, 1.54) is 0 Å². The van der Waals surface area contributed by atoms with E-state index in [1.54, 1.807) is 25.3 Å². The Labute approximate surface area is 121 Å². The van der Waals surface area contributed by atoms with Crippen molar-refractivity contribution in [3.63, 3.8) is 0 Å². The number of carbonyl (C=O) groups is 1. The van der Waals surface area contributed by atoms with Crippen LogP contribution in [0.2, 0.25) is 0 Å². The van der Waals surface area contributed by atoms with Gasteiger partial charge >= 0.3 is 0 Å². The molecule has 0 heterocycles. The minimum atomic E-state index is 0.0424. The topological polar surface area (TPSA) is 26.3 Å². The second-order valence-corrected chi connectivity index (χ2v) is 5.04. The van der Waals surface area contributed by atoms with Crippen molar-refractivity contribution in [2.24, 2.45) is 0 Å². The summed E-state index contributed by atoms with van der Waals surface area (Å²) in [4.78, 5) is 12.5. The molecule has 0 fully saturated rings. The maximum atomic E-state index is 12.5. The molecule has 0 aromatic heterocycles. The fraction of sp³-hybridized carbons (Fsp3) is 0.188. The van der Waals surface area contributed by atoms with E-state index in [9.17, 15) is 4.79 Å². The minimum Gasteiger partial charge on any atom is -0.496 e. The molecule has 0 unspecified atom stereocenters. The Kier molecular flexibility index (Phi) is 4.38. The van der Waals surface area contributed by atoms with Gasteiger partial charge in [0.05, 0.1) is 11.6 Å². The Morgan fingerprint density at radius 1 is 1.21 bits per heavy atom. The van der Waals surface area contributed by atoms with Gasteiger partial charge in [-0.25, -0.2) is 0 Å². The van der Waals surface area contributed by atoms with Crippen molar-refractivity contribution in [2.75, 3.05) is 7.11 Å². The summed E-state index contributed by atoms with van der Waals surface area (Å²) in [5.41, 5.74) is 2.50. The molecule has 0 saturated heterocycles. The number of ether oxygens (including phenoxy) is 1. The van der Waals surface area contributed by atoms with Gasteiger partial charge in [0.25, 0.3) is 0 Å². The van der Waals surface area contributed by atoms with Crippen LogP contribution in [-0.2, 0) is 6.42 Å². The number of ketones is 1. The summed E-state index contributed by atoms with van der Waals surface area (Å²) in [6.07, 6.45) is 0.846. The summed E-state index contributed by atoms with van der Waals surface area (Å²) < 4.78 is 5.96. The first-order chi connectivity index (χ1) is 9.17. The van der Waals surface area contributed by atoms with E-state index in [1.807, 2.05) is 24.3 Å². The van der Waals surface area contributed by atoms with E-state index in [4.69, 9.17) is 4.74 Å². The largest absolute Gasteiger partial charge is 0.496 e. The van der Waals surface area contributed by atoms with Crippen LogP contribution >= 0.6 is 15.9 Å². The highest BCUT2D eigenvalue weighted by Crippen LogP contribution is 2.27. The number of benzene rings is 2. The lowest BCUT2D eigenvalue weighted by Gasteiger charge is -2.08. The number of hydrogen-bond acceptors (Lipinski definition) is 2. The van der Waals surface area contributed by atoms with Gasteiger partial charge in [0.1, 0.15) is 5.75 Å². The zero-order valence-electron chi connectivity index (χ0n) is 10.9. The number of carbonyl (C=O) groups excluding carboxylic acids is 1. The van der Waals surface area contributed by atoms with E-state index < -0.39 is 0 Å². The highest BCUT2D eigenvalue weighted by Gasteiger charge is 2.13. The molecule has 0 N–H and O–H groups in total. The van der Waals surface area contributed by atoms with Gasteiger partial charge in [0.15, 0.2) is 5.78 Å². The molecule has 2 rings (SSSR count). The number of hydrogen-bond donors (Lipinski definition) is 0. The molecule has 0 atom stereocenters. The Bertz CT molecular complexity index is 605. The molecule has 2 nitrogen and oxygen atoms in total. The maximum absolute atomic E-state index is 12.5. The van der Waals surface area contributed by atoms with Crippen LogP contribution in [-0.4, -0.2) is 12.9 Å². The van der Waals surface area contributed by atoms with Crippen LogP contribution in [0.4, 0.5) is 0 Å². The molecule has 0 aliphatic heterocycles. The van der Waals surface area contributed by atoms with E-state index >= 15 is 0 Å². The van der Waals surface area contributed by atoms with Crippen LogP contribution in [0.25, 0.3) is 0 Å². The molecule has 0 aliphatic rings. The number of methoxy groups -OCH3 is 1. The van der Waals surface area contributed by atoms with Crippen molar-refractivity contribution in [3.8, 4) is 5.75 Å². The molecule has 19 heavy (non-hydrogen) atoms. The van der Waals surface area contributed by atoms with Crippen LogP contribution in [0.1, 0.15) is 28.4 Å². The zero-order valence-corrected chi connectivity index (χ0v) is 12.5. The molecule has 98 valence electrons. The average molecular weight is 319 g/mol. The Morgan fingerprint density at radius 2 is 1.95 bits per heavy atom. The second kappa shape index (κ2) is 6.02. The van der Waals surface area contributed by atoms with Crippen molar-refractivity contribution < 1.29 is 9.53 Å². The van der Waals surface area contributed by atoms with Crippen molar-refractivity contribution in [2.45, 2.75) is 13.3 Å². The van der Waals surface area contributed by atoms with Crippen LogP contribution in [0.5, 0.6) is 5.75 Å². The molecular formula is C16H15BrO2. The normalized spacial score (nSPS) is 10.3. The summed E-state index contributed by atoms with van der Waals surface area (Å²) in [6.45, 7) is 2.05. The third-order valence-electron chi connectivity index (χ3n) is 3.06. The Hall–Kier alpha value is -1.61. The molecule has 3 heteroatoms. The van der Waals surface area contributed by atoms with Gasteiger partial charge < -0.3 is 4.74 Å². The molecule has 0 aliphatic carbocycles. The molecule has 0 radical (unpaired) electrons. The third-order valence-corrected chi connectivity index (χ3v) is 3.68. The average Bonchev–Trinajstić information content (AvgIpc) is 2.46. The van der Waals surface area contributed by atoms with Crippen molar-refractivity contribution in [1.29, 1.82) is 0 Å². The van der Waals surface area contributed by atoms with Gasteiger partial charge in [-0.15, -0.1) is 0 Å². The van der Waals surface area contributed by atoms with E-state index in [0.29, 0.717) is 5.56 Å². The summed E-state index contributed by atoms with van der Waals surface area (Å²) in [6, 6.07) is 13.1. The first-order valence-corrected chi connectivity index (χ1v) is 6.92. The van der Waals surface area contributed by atoms with Gasteiger partial charge in [0, 0.05) is 11.1 Å². The van der Waals surface area contributed by atoms with Crippen LogP contribution in [0.15, 0.2) is 46.9 Å². The summed E-state index contributed by atoms with van der Waals surface area (Å²) in [5, 5.41) is 0. The molecular weight excluding hydrogens is 304 g/mol. The SMILES string of the molecule is CCc1ccccc1C(=O)c1ccc(OC)c(Br)c1. The Balaban J connectivity index is 2.41. The van der Waals surface area contributed by atoms with Crippen molar-refractivity contribution >= 4 is 21.7 Å². The van der Waals surface area contributed by atoms with Crippen LogP contribution in [0, 0.1) is 0 Å². The lowest BCUT2D eigenvalue weighted by molar-refractivity contribution is 0.103. The van der Waals surface area contributed by atoms with Gasteiger partial charge in [-0.05, 0) is 46.1 Å². The van der Waals surface area contributed by atoms with Gasteiger partial charge in [-0.2, -0.15) is 0 Å². The molecule has 2 aromatic carbocycles. The van der Waals surface area contributed by atoms with Crippen molar-refractivity contribution in [1.82, 2.24) is 0 Å². The Morgan fingerprint density at radius 3 is 2.58 bits per heavy atom. The predicted octanol–water partition coefficient (Wildman–Crippen LogP) is 4.25. The molecule has 0 amide bonds. The third kappa shape index (κ3) is 2.87. The standard InChI is InChI=1S/C16H15BrO2/c1-3-11-6-4-5-7-13(11)16(18)12-8-9-15(19-2)14(17)10-12/h4-10H,3H2,1-2H3. The van der Waals surface area contributed by atoms with Crippen molar-refractivity contribution in [3.05, 3.63) is 63.6 Å². The molecule has 0 saturated carbocycles. The fourth-order valence-electron chi connectivity index (χ4n) is 2.01. The second-order valence-electron chi connectivity index (χ2n) is 4.19. The first kappa shape index (κ1) is 13.8. The smallest absolute Gasteiger partial charge is 0.193 e. The van der Waals surface area contributed by atoms with Crippen LogP contribution < -0.4 is 4.74 Å². The molecule has 2 aromatic rings. The maximum Gasteiger partial charge on any atom is 0.193 e. The van der Waals surface area contributed by atoms with Gasteiger partial charge in [0.2, 0.25) is 0 Å². The van der Waals surface area contributed by atoms with Gasteiger partial charge in [-0.3, -0.25) is 4.79 Å². The lowest BCUT2D eigenvalue weighted by Crippen LogP contribution is -2.05. The highest BCUT2D eigenvalue weighted by atomic mass is 79.9. The molecule has 0 spiro atoms. The minimum absolute atomic E-state index is 0.0424. The highest BCUT2D eigenvalue weighted by molar-refractivity contribution is 9.10. The van der Waals surface area contributed by atoms with Crippen LogP contribution in [0.3, 0.4) is 0 Å². The predicted molar refractivity (Wildman–Crippen MR) is 79.9 cm³/mol. The van der Waals surface area contributed by atoms with E-state index in [0.717, 1.165) is 27.8 Å². The summed E-state index contributed by atoms with van der Waals surface area (Å²) in [7, 11) is 1.61. The summed E-state index contributed by atoms with van der Waals surface area (Å²) in [5.74, 6) is 0.765. The fourth-order valence-corrected chi connectivity index (χ4v) is 2.55. The van der Waals surface area contributed by atoms with E-state index in [2.05, 4.69) is 22.9 Å². The van der Waals surface area contributed by atoms with E-state index in [-0.39, 0.29) is 5.78 Å². The molecule has 0 bridgehead atoms.